The molecule has 0 spiro atoms. The van der Waals surface area contributed by atoms with Gasteiger partial charge in [0, 0.05) is 6.54 Å². The van der Waals surface area contributed by atoms with Crippen molar-refractivity contribution in [1.29, 1.82) is 0 Å². The van der Waals surface area contributed by atoms with Crippen LogP contribution in [0.3, 0.4) is 0 Å². The molecule has 5 nitrogen and oxygen atoms in total. The number of aliphatic hydroxyl groups is 1. The van der Waals surface area contributed by atoms with Gasteiger partial charge in [-0.25, -0.2) is 4.99 Å². The Morgan fingerprint density at radius 1 is 1.62 bits per heavy atom. The molecule has 8 heteroatoms. The number of alkyl halides is 3. The van der Waals surface area contributed by atoms with Crippen LogP contribution < -0.4 is 5.73 Å². The summed E-state index contributed by atoms with van der Waals surface area (Å²) < 4.78 is 37.2. The Hall–Kier alpha value is -1.31. The summed E-state index contributed by atoms with van der Waals surface area (Å²) in [6.07, 6.45) is -5.60. The predicted molar refractivity (Wildman–Crippen MR) is 49.2 cm³/mol. The van der Waals surface area contributed by atoms with E-state index in [0.29, 0.717) is 6.42 Å². The Morgan fingerprint density at radius 2 is 2.19 bits per heavy atom. The molecule has 1 unspecified atom stereocenters. The van der Waals surface area contributed by atoms with Crippen LogP contribution in [0, 0.1) is 0 Å². The molecule has 1 aliphatic rings. The number of nitrogens with two attached hydrogens (primary N) is 1. The molecule has 1 heterocycles. The van der Waals surface area contributed by atoms with Crippen molar-refractivity contribution in [2.24, 2.45) is 10.7 Å². The Labute approximate surface area is 89.7 Å². The van der Waals surface area contributed by atoms with Crippen molar-refractivity contribution in [3.63, 3.8) is 0 Å². The van der Waals surface area contributed by atoms with Gasteiger partial charge in [0.15, 0.2) is 0 Å². The molecule has 0 bridgehead atoms. The lowest BCUT2D eigenvalue weighted by molar-refractivity contribution is -0.260. The number of hydrogen-bond acceptors (Lipinski definition) is 4. The molecule has 1 rings (SSSR count). The van der Waals surface area contributed by atoms with Gasteiger partial charge in [0.25, 0.3) is 5.72 Å². The molecule has 3 N–H and O–H groups in total. The summed E-state index contributed by atoms with van der Waals surface area (Å²) >= 11 is 0. The number of guanidine groups is 1. The highest BCUT2D eigenvalue weighted by Gasteiger charge is 2.58. The van der Waals surface area contributed by atoms with E-state index in [1.54, 1.807) is 6.92 Å². The number of amides is 1. The van der Waals surface area contributed by atoms with Crippen LogP contribution in [0.2, 0.25) is 0 Å². The molecule has 1 aliphatic heterocycles. The summed E-state index contributed by atoms with van der Waals surface area (Å²) in [5, 5.41) is 9.19. The summed E-state index contributed by atoms with van der Waals surface area (Å²) in [6.45, 7) is 1.92. The summed E-state index contributed by atoms with van der Waals surface area (Å²) in [5.74, 6) is -1.48. The van der Waals surface area contributed by atoms with E-state index in [-0.39, 0.29) is 6.54 Å². The van der Waals surface area contributed by atoms with Crippen LogP contribution in [0.4, 0.5) is 13.2 Å². The predicted octanol–water partition coefficient (Wildman–Crippen LogP) is 0.194. The Kier molecular flexibility index (Phi) is 3.13. The second kappa shape index (κ2) is 3.93. The molecule has 0 aromatic rings. The zero-order valence-electron chi connectivity index (χ0n) is 8.58. The van der Waals surface area contributed by atoms with Crippen molar-refractivity contribution in [2.45, 2.75) is 31.7 Å². The molecule has 0 radical (unpaired) electrons. The molecular weight excluding hydrogens is 227 g/mol. The van der Waals surface area contributed by atoms with Crippen molar-refractivity contribution in [1.82, 2.24) is 4.90 Å². The highest BCUT2D eigenvalue weighted by atomic mass is 19.4. The second-order valence-electron chi connectivity index (χ2n) is 3.51. The van der Waals surface area contributed by atoms with Gasteiger partial charge >= 0.3 is 6.18 Å². The average molecular weight is 239 g/mol. The van der Waals surface area contributed by atoms with E-state index in [0.717, 1.165) is 4.90 Å². The van der Waals surface area contributed by atoms with Crippen LogP contribution in [0.15, 0.2) is 4.99 Å². The third-order valence-corrected chi connectivity index (χ3v) is 2.18. The minimum absolute atomic E-state index is 0.183. The van der Waals surface area contributed by atoms with E-state index >= 15 is 0 Å². The molecule has 1 amide bonds. The van der Waals surface area contributed by atoms with Crippen LogP contribution in [0.5, 0.6) is 0 Å². The first kappa shape index (κ1) is 12.8. The van der Waals surface area contributed by atoms with Gasteiger partial charge in [0.2, 0.25) is 11.9 Å². The SMILES string of the molecule is CCCN1C(=O)CC(O)(C(F)(F)F)N=C1N. The fourth-order valence-corrected chi connectivity index (χ4v) is 1.35. The Bertz CT molecular complexity index is 329. The summed E-state index contributed by atoms with van der Waals surface area (Å²) in [6, 6.07) is 0. The molecule has 0 saturated carbocycles. The van der Waals surface area contributed by atoms with Crippen LogP contribution in [0.25, 0.3) is 0 Å². The topological polar surface area (TPSA) is 78.9 Å². The van der Waals surface area contributed by atoms with E-state index in [1.807, 2.05) is 0 Å². The molecule has 1 atom stereocenters. The molecule has 0 aromatic heterocycles. The third-order valence-electron chi connectivity index (χ3n) is 2.18. The van der Waals surface area contributed by atoms with Gasteiger partial charge in [-0.1, -0.05) is 6.92 Å². The lowest BCUT2D eigenvalue weighted by Gasteiger charge is -2.34. The first-order valence-corrected chi connectivity index (χ1v) is 4.66. The van der Waals surface area contributed by atoms with Crippen molar-refractivity contribution in [3.05, 3.63) is 0 Å². The Balaban J connectivity index is 3.04. The number of rotatable bonds is 2. The maximum Gasteiger partial charge on any atom is 0.438 e. The molecular formula is C8H12F3N3O2. The van der Waals surface area contributed by atoms with Crippen LogP contribution in [0.1, 0.15) is 19.8 Å². The van der Waals surface area contributed by atoms with Crippen LogP contribution in [-0.2, 0) is 4.79 Å². The summed E-state index contributed by atoms with van der Waals surface area (Å²) in [4.78, 5) is 15.3. The van der Waals surface area contributed by atoms with Crippen molar-refractivity contribution >= 4 is 11.9 Å². The van der Waals surface area contributed by atoms with Crippen molar-refractivity contribution < 1.29 is 23.1 Å². The highest BCUT2D eigenvalue weighted by Crippen LogP contribution is 2.36. The maximum absolute atomic E-state index is 12.4. The standard InChI is InChI=1S/C8H12F3N3O2/c1-2-3-14-5(15)4-7(16,8(9,10)11)13-6(14)12/h16H,2-4H2,1H3,(H2,12,13). The van der Waals surface area contributed by atoms with Gasteiger partial charge in [0.1, 0.15) is 0 Å². The highest BCUT2D eigenvalue weighted by molar-refractivity contribution is 5.98. The zero-order chi connectivity index (χ0) is 12.6. The largest absolute Gasteiger partial charge is 0.438 e. The number of aliphatic imine (C=N–C) groups is 1. The van der Waals surface area contributed by atoms with Crippen molar-refractivity contribution in [3.8, 4) is 0 Å². The summed E-state index contributed by atoms with van der Waals surface area (Å²) in [7, 11) is 0. The lowest BCUT2D eigenvalue weighted by atomic mass is 10.1. The number of carbonyl (C=O) groups is 1. The number of halogens is 3. The number of nitrogens with zero attached hydrogens (tertiary/aromatic N) is 2. The minimum Gasteiger partial charge on any atom is -0.369 e. The smallest absolute Gasteiger partial charge is 0.369 e. The van der Waals surface area contributed by atoms with Gasteiger partial charge in [-0.2, -0.15) is 13.2 Å². The summed E-state index contributed by atoms with van der Waals surface area (Å²) in [5.41, 5.74) is 1.83. The fourth-order valence-electron chi connectivity index (χ4n) is 1.35. The fraction of sp³-hybridized carbons (Fsp3) is 0.750. The lowest BCUT2D eigenvalue weighted by Crippen LogP contribution is -2.57. The number of carbonyl (C=O) groups excluding carboxylic acids is 1. The van der Waals surface area contributed by atoms with Gasteiger partial charge < -0.3 is 10.8 Å². The van der Waals surface area contributed by atoms with Gasteiger partial charge in [-0.05, 0) is 6.42 Å². The van der Waals surface area contributed by atoms with E-state index in [1.165, 1.54) is 0 Å². The van der Waals surface area contributed by atoms with E-state index < -0.39 is 30.2 Å². The second-order valence-corrected chi connectivity index (χ2v) is 3.51. The Morgan fingerprint density at radius 3 is 2.56 bits per heavy atom. The molecule has 0 aliphatic carbocycles. The first-order chi connectivity index (χ1) is 7.21. The maximum atomic E-state index is 12.4. The molecule has 0 aromatic carbocycles. The van der Waals surface area contributed by atoms with Crippen molar-refractivity contribution in [2.75, 3.05) is 6.54 Å². The number of hydrogen-bond donors (Lipinski definition) is 2. The zero-order valence-corrected chi connectivity index (χ0v) is 8.58. The van der Waals surface area contributed by atoms with E-state index in [4.69, 9.17) is 5.73 Å². The molecule has 16 heavy (non-hydrogen) atoms. The normalized spacial score (nSPS) is 26.9. The molecule has 0 saturated heterocycles. The van der Waals surface area contributed by atoms with Crippen LogP contribution >= 0.6 is 0 Å². The third kappa shape index (κ3) is 2.11. The average Bonchev–Trinajstić information content (AvgIpc) is 2.09. The quantitative estimate of drug-likeness (QED) is 0.722. The van der Waals surface area contributed by atoms with Gasteiger partial charge in [0.05, 0.1) is 6.42 Å². The first-order valence-electron chi connectivity index (χ1n) is 4.66. The monoisotopic (exact) mass is 239 g/mol. The molecule has 92 valence electrons. The van der Waals surface area contributed by atoms with Gasteiger partial charge in [-0.15, -0.1) is 0 Å². The van der Waals surface area contributed by atoms with E-state index in [2.05, 4.69) is 4.99 Å². The van der Waals surface area contributed by atoms with E-state index in [9.17, 15) is 23.1 Å². The van der Waals surface area contributed by atoms with Crippen LogP contribution in [-0.4, -0.2) is 40.3 Å². The van der Waals surface area contributed by atoms with Gasteiger partial charge in [-0.3, -0.25) is 9.69 Å². The minimum atomic E-state index is -5.01. The molecule has 0 fully saturated rings.